The number of fused-ring (bicyclic) bond motifs is 1. The van der Waals surface area contributed by atoms with Crippen LogP contribution < -0.4 is 5.73 Å². The fraction of sp³-hybridized carbons (Fsp3) is 0.250. The van der Waals surface area contributed by atoms with Gasteiger partial charge in [0.2, 0.25) is 5.91 Å². The fourth-order valence-electron chi connectivity index (χ4n) is 3.38. The summed E-state index contributed by atoms with van der Waals surface area (Å²) in [6.07, 6.45) is 6.20. The average molecular weight is 373 g/mol. The van der Waals surface area contributed by atoms with Gasteiger partial charge in [-0.15, -0.1) is 0 Å². The summed E-state index contributed by atoms with van der Waals surface area (Å²) < 4.78 is 1.82. The van der Waals surface area contributed by atoms with Crippen molar-refractivity contribution in [2.24, 2.45) is 0 Å². The molecular weight excluding hydrogens is 354 g/mol. The standard InChI is InChI=1S/C20H19N7O/c1-2-17(28)26-11-5-7-15(12-26)27-20-18(19(21)23-13-24-20)16(25-27)9-8-14-6-3-4-10-22-14/h2-4,6,10,13,15H,1,5,7,11-12H2,(H2,21,23,24). The Morgan fingerprint density at radius 1 is 1.29 bits per heavy atom. The van der Waals surface area contributed by atoms with E-state index in [1.165, 1.54) is 12.4 Å². The summed E-state index contributed by atoms with van der Waals surface area (Å²) in [6.45, 7) is 4.83. The quantitative estimate of drug-likeness (QED) is 0.540. The Hall–Kier alpha value is -3.73. The molecule has 4 rings (SSSR count). The lowest BCUT2D eigenvalue weighted by Crippen LogP contribution is -2.40. The van der Waals surface area contributed by atoms with Gasteiger partial charge in [-0.05, 0) is 42.9 Å². The van der Waals surface area contributed by atoms with Gasteiger partial charge in [0.25, 0.3) is 0 Å². The highest BCUT2D eigenvalue weighted by Gasteiger charge is 2.27. The molecule has 28 heavy (non-hydrogen) atoms. The number of aromatic nitrogens is 5. The number of nitrogen functional groups attached to an aromatic ring is 1. The van der Waals surface area contributed by atoms with Crippen molar-refractivity contribution >= 4 is 22.8 Å². The smallest absolute Gasteiger partial charge is 0.246 e. The average Bonchev–Trinajstić information content (AvgIpc) is 3.12. The molecule has 8 heteroatoms. The second kappa shape index (κ2) is 7.48. The number of hydrogen-bond acceptors (Lipinski definition) is 6. The summed E-state index contributed by atoms with van der Waals surface area (Å²) in [5, 5.41) is 5.30. The molecule has 2 N–H and O–H groups in total. The first-order valence-corrected chi connectivity index (χ1v) is 9.00. The summed E-state index contributed by atoms with van der Waals surface area (Å²) in [6, 6.07) is 5.52. The van der Waals surface area contributed by atoms with E-state index in [0.717, 1.165) is 12.8 Å². The van der Waals surface area contributed by atoms with Crippen molar-refractivity contribution in [1.29, 1.82) is 0 Å². The molecule has 1 aliphatic rings. The highest BCUT2D eigenvalue weighted by Crippen LogP contribution is 2.28. The summed E-state index contributed by atoms with van der Waals surface area (Å²) in [7, 11) is 0. The normalized spacial score (nSPS) is 16.4. The summed E-state index contributed by atoms with van der Waals surface area (Å²) >= 11 is 0. The van der Waals surface area contributed by atoms with Gasteiger partial charge < -0.3 is 10.6 Å². The number of nitrogens with zero attached hydrogens (tertiary/aromatic N) is 6. The zero-order valence-electron chi connectivity index (χ0n) is 15.2. The van der Waals surface area contributed by atoms with Gasteiger partial charge in [-0.1, -0.05) is 12.6 Å². The zero-order chi connectivity index (χ0) is 19.5. The fourth-order valence-corrected chi connectivity index (χ4v) is 3.38. The van der Waals surface area contributed by atoms with Crippen LogP contribution in [0.15, 0.2) is 43.4 Å². The first-order valence-electron chi connectivity index (χ1n) is 9.00. The van der Waals surface area contributed by atoms with Crippen LogP contribution in [0.2, 0.25) is 0 Å². The number of piperidine rings is 1. The van der Waals surface area contributed by atoms with E-state index in [-0.39, 0.29) is 11.9 Å². The molecular formula is C20H19N7O. The van der Waals surface area contributed by atoms with Gasteiger partial charge >= 0.3 is 0 Å². The van der Waals surface area contributed by atoms with Gasteiger partial charge in [-0.25, -0.2) is 19.6 Å². The molecule has 1 amide bonds. The monoisotopic (exact) mass is 373 g/mol. The number of amides is 1. The van der Waals surface area contributed by atoms with Crippen molar-refractivity contribution in [3.63, 3.8) is 0 Å². The van der Waals surface area contributed by atoms with Gasteiger partial charge in [-0.3, -0.25) is 4.79 Å². The van der Waals surface area contributed by atoms with Gasteiger partial charge in [-0.2, -0.15) is 5.10 Å². The Kier molecular flexibility index (Phi) is 4.72. The van der Waals surface area contributed by atoms with E-state index in [1.54, 1.807) is 11.1 Å². The second-order valence-electron chi connectivity index (χ2n) is 6.50. The maximum absolute atomic E-state index is 12.0. The van der Waals surface area contributed by atoms with E-state index in [0.29, 0.717) is 41.3 Å². The van der Waals surface area contributed by atoms with Crippen LogP contribution in [0.5, 0.6) is 0 Å². The van der Waals surface area contributed by atoms with Gasteiger partial charge in [0.05, 0.1) is 11.4 Å². The molecule has 0 radical (unpaired) electrons. The maximum atomic E-state index is 12.0. The van der Waals surface area contributed by atoms with Crippen LogP contribution in [0.4, 0.5) is 5.82 Å². The highest BCUT2D eigenvalue weighted by atomic mass is 16.2. The lowest BCUT2D eigenvalue weighted by atomic mass is 10.1. The Balaban J connectivity index is 1.76. The molecule has 0 spiro atoms. The highest BCUT2D eigenvalue weighted by molar-refractivity contribution is 5.90. The van der Waals surface area contributed by atoms with Crippen LogP contribution >= 0.6 is 0 Å². The number of carbonyl (C=O) groups excluding carboxylic acids is 1. The summed E-state index contributed by atoms with van der Waals surface area (Å²) in [5.74, 6) is 6.31. The molecule has 1 atom stereocenters. The summed E-state index contributed by atoms with van der Waals surface area (Å²) in [4.78, 5) is 26.5. The first kappa shape index (κ1) is 17.7. The third kappa shape index (κ3) is 3.30. The molecule has 3 aromatic heterocycles. The lowest BCUT2D eigenvalue weighted by Gasteiger charge is -2.32. The number of rotatable bonds is 2. The van der Waals surface area contributed by atoms with Crippen molar-refractivity contribution in [2.75, 3.05) is 18.8 Å². The van der Waals surface area contributed by atoms with Crippen molar-refractivity contribution in [3.05, 3.63) is 54.8 Å². The summed E-state index contributed by atoms with van der Waals surface area (Å²) in [5.41, 5.74) is 7.87. The van der Waals surface area contributed by atoms with Crippen LogP contribution in [0.1, 0.15) is 30.3 Å². The van der Waals surface area contributed by atoms with E-state index >= 15 is 0 Å². The van der Waals surface area contributed by atoms with E-state index in [2.05, 4.69) is 38.5 Å². The molecule has 0 saturated carbocycles. The van der Waals surface area contributed by atoms with Crippen molar-refractivity contribution in [2.45, 2.75) is 18.9 Å². The van der Waals surface area contributed by atoms with E-state index in [9.17, 15) is 4.79 Å². The molecule has 4 heterocycles. The van der Waals surface area contributed by atoms with Crippen molar-refractivity contribution in [1.82, 2.24) is 29.6 Å². The minimum Gasteiger partial charge on any atom is -0.383 e. The predicted octanol–water partition coefficient (Wildman–Crippen LogP) is 1.55. The third-order valence-electron chi connectivity index (χ3n) is 4.72. The molecule has 0 aromatic carbocycles. The van der Waals surface area contributed by atoms with Crippen LogP contribution in [-0.4, -0.2) is 48.6 Å². The Morgan fingerprint density at radius 2 is 2.18 bits per heavy atom. The molecule has 0 bridgehead atoms. The number of anilines is 1. The number of hydrogen-bond donors (Lipinski definition) is 1. The Morgan fingerprint density at radius 3 is 2.96 bits per heavy atom. The largest absolute Gasteiger partial charge is 0.383 e. The number of pyridine rings is 1. The van der Waals surface area contributed by atoms with Gasteiger partial charge in [0.1, 0.15) is 23.5 Å². The van der Waals surface area contributed by atoms with E-state index in [4.69, 9.17) is 5.73 Å². The molecule has 8 nitrogen and oxygen atoms in total. The first-order chi connectivity index (χ1) is 13.7. The molecule has 3 aromatic rings. The SMILES string of the molecule is C=CC(=O)N1CCCC(n2nc(C#Cc3ccccn3)c3c(N)ncnc32)C1. The van der Waals surface area contributed by atoms with Crippen molar-refractivity contribution in [3.8, 4) is 11.8 Å². The number of nitrogens with two attached hydrogens (primary N) is 1. The molecule has 1 fully saturated rings. The van der Waals surface area contributed by atoms with Gasteiger partial charge in [0.15, 0.2) is 5.65 Å². The molecule has 1 aliphatic heterocycles. The molecule has 140 valence electrons. The third-order valence-corrected chi connectivity index (χ3v) is 4.72. The molecule has 0 aliphatic carbocycles. The van der Waals surface area contributed by atoms with Crippen molar-refractivity contribution < 1.29 is 4.79 Å². The Labute approximate surface area is 162 Å². The minimum absolute atomic E-state index is 0.0140. The van der Waals surface area contributed by atoms with E-state index in [1.807, 2.05) is 22.9 Å². The minimum atomic E-state index is -0.0783. The molecule has 1 unspecified atom stereocenters. The number of likely N-dealkylation sites (tertiary alicyclic amines) is 1. The second-order valence-corrected chi connectivity index (χ2v) is 6.50. The molecule has 1 saturated heterocycles. The zero-order valence-corrected chi connectivity index (χ0v) is 15.2. The van der Waals surface area contributed by atoms with Gasteiger partial charge in [0, 0.05) is 19.3 Å². The predicted molar refractivity (Wildman–Crippen MR) is 105 cm³/mol. The van der Waals surface area contributed by atoms with Crippen LogP contribution in [0.25, 0.3) is 11.0 Å². The van der Waals surface area contributed by atoms with Crippen LogP contribution in [0.3, 0.4) is 0 Å². The number of carbonyl (C=O) groups is 1. The Bertz CT molecular complexity index is 1090. The topological polar surface area (TPSA) is 103 Å². The lowest BCUT2D eigenvalue weighted by molar-refractivity contribution is -0.127. The van der Waals surface area contributed by atoms with Crippen LogP contribution in [-0.2, 0) is 4.79 Å². The van der Waals surface area contributed by atoms with Crippen LogP contribution in [0, 0.1) is 11.8 Å². The maximum Gasteiger partial charge on any atom is 0.246 e. The van der Waals surface area contributed by atoms with E-state index < -0.39 is 0 Å².